The zero-order chi connectivity index (χ0) is 20.1. The van der Waals surface area contributed by atoms with Gasteiger partial charge < -0.3 is 23.9 Å². The number of methoxy groups -OCH3 is 2. The summed E-state index contributed by atoms with van der Waals surface area (Å²) >= 11 is 0. The van der Waals surface area contributed by atoms with E-state index in [9.17, 15) is 9.59 Å². The van der Waals surface area contributed by atoms with Crippen molar-refractivity contribution in [2.45, 2.75) is 19.6 Å². The van der Waals surface area contributed by atoms with Crippen molar-refractivity contribution in [3.05, 3.63) is 59.9 Å². The molecule has 0 spiro atoms. The Morgan fingerprint density at radius 2 is 1.79 bits per heavy atom. The molecule has 0 aliphatic heterocycles. The second-order valence-corrected chi connectivity index (χ2v) is 6.10. The van der Waals surface area contributed by atoms with Gasteiger partial charge in [0.25, 0.3) is 5.91 Å². The maximum absolute atomic E-state index is 12.3. The molecule has 7 nitrogen and oxygen atoms in total. The minimum absolute atomic E-state index is 0.0562. The monoisotopic (exact) mass is 383 g/mol. The predicted molar refractivity (Wildman–Crippen MR) is 102 cm³/mol. The number of rotatable bonds is 7. The summed E-state index contributed by atoms with van der Waals surface area (Å²) in [5.74, 6) is 0.120. The van der Waals surface area contributed by atoms with Crippen LogP contribution in [0.15, 0.2) is 52.9 Å². The molecule has 3 aromatic rings. The normalized spacial score (nSPS) is 11.7. The van der Waals surface area contributed by atoms with Gasteiger partial charge in [-0.1, -0.05) is 24.3 Å². The van der Waals surface area contributed by atoms with Crippen LogP contribution >= 0.6 is 0 Å². The molecule has 1 heterocycles. The van der Waals surface area contributed by atoms with Crippen LogP contribution in [0.25, 0.3) is 11.0 Å². The van der Waals surface area contributed by atoms with Crippen molar-refractivity contribution in [1.82, 2.24) is 5.32 Å². The summed E-state index contributed by atoms with van der Waals surface area (Å²) in [7, 11) is 3.09. The zero-order valence-electron chi connectivity index (χ0n) is 15.9. The summed E-state index contributed by atoms with van der Waals surface area (Å²) in [6.07, 6.45) is -0.971. The SMILES string of the molecule is COc1ccc(CNC(=O)[C@@H](C)OC(=O)c2cc3ccccc3o2)cc1OC. The Balaban J connectivity index is 1.57. The Morgan fingerprint density at radius 1 is 1.04 bits per heavy atom. The van der Waals surface area contributed by atoms with Crippen LogP contribution in [0.2, 0.25) is 0 Å². The average Bonchev–Trinajstić information content (AvgIpc) is 3.16. The Bertz CT molecular complexity index is 960. The molecule has 2 aromatic carbocycles. The van der Waals surface area contributed by atoms with Crippen LogP contribution in [-0.2, 0) is 16.1 Å². The third-order valence-electron chi connectivity index (χ3n) is 4.19. The van der Waals surface area contributed by atoms with E-state index in [1.54, 1.807) is 38.5 Å². The van der Waals surface area contributed by atoms with Crippen molar-refractivity contribution in [2.75, 3.05) is 14.2 Å². The number of hydrogen-bond donors (Lipinski definition) is 1. The van der Waals surface area contributed by atoms with Gasteiger partial charge >= 0.3 is 5.97 Å². The van der Waals surface area contributed by atoms with Gasteiger partial charge in [-0.05, 0) is 36.8 Å². The second-order valence-electron chi connectivity index (χ2n) is 6.10. The smallest absolute Gasteiger partial charge is 0.375 e. The van der Waals surface area contributed by atoms with Gasteiger partial charge in [-0.2, -0.15) is 0 Å². The molecule has 0 saturated heterocycles. The number of fused-ring (bicyclic) bond motifs is 1. The van der Waals surface area contributed by atoms with E-state index in [4.69, 9.17) is 18.6 Å². The van der Waals surface area contributed by atoms with E-state index >= 15 is 0 Å². The molecule has 0 saturated carbocycles. The molecule has 0 unspecified atom stereocenters. The van der Waals surface area contributed by atoms with Crippen LogP contribution in [0.3, 0.4) is 0 Å². The van der Waals surface area contributed by atoms with Crippen molar-refractivity contribution in [3.63, 3.8) is 0 Å². The minimum Gasteiger partial charge on any atom is -0.493 e. The molecule has 146 valence electrons. The number of esters is 1. The minimum atomic E-state index is -0.971. The average molecular weight is 383 g/mol. The highest BCUT2D eigenvalue weighted by Gasteiger charge is 2.21. The van der Waals surface area contributed by atoms with Gasteiger partial charge in [-0.15, -0.1) is 0 Å². The Hall–Kier alpha value is -3.48. The highest BCUT2D eigenvalue weighted by atomic mass is 16.6. The van der Waals surface area contributed by atoms with E-state index in [0.717, 1.165) is 10.9 Å². The van der Waals surface area contributed by atoms with E-state index in [2.05, 4.69) is 5.32 Å². The standard InChI is InChI=1S/C21H21NO6/c1-13(27-21(24)19-11-15-6-4-5-7-16(15)28-19)20(23)22-12-14-8-9-17(25-2)18(10-14)26-3/h4-11,13H,12H2,1-3H3,(H,22,23)/t13-/m1/s1. The largest absolute Gasteiger partial charge is 0.493 e. The van der Waals surface area contributed by atoms with E-state index in [-0.39, 0.29) is 12.3 Å². The summed E-state index contributed by atoms with van der Waals surface area (Å²) in [5.41, 5.74) is 1.40. The molecule has 1 aromatic heterocycles. The summed E-state index contributed by atoms with van der Waals surface area (Å²) in [6.45, 7) is 1.76. The van der Waals surface area contributed by atoms with Crippen LogP contribution in [0.1, 0.15) is 23.0 Å². The molecule has 0 radical (unpaired) electrons. The van der Waals surface area contributed by atoms with Gasteiger partial charge in [0.1, 0.15) is 5.58 Å². The first-order valence-electron chi connectivity index (χ1n) is 8.70. The number of carbonyl (C=O) groups is 2. The van der Waals surface area contributed by atoms with Gasteiger partial charge in [0.2, 0.25) is 5.76 Å². The number of carbonyl (C=O) groups excluding carboxylic acids is 2. The van der Waals surface area contributed by atoms with Gasteiger partial charge in [-0.3, -0.25) is 4.79 Å². The van der Waals surface area contributed by atoms with Gasteiger partial charge in [-0.25, -0.2) is 4.79 Å². The molecular formula is C21H21NO6. The number of benzene rings is 2. The number of furan rings is 1. The molecular weight excluding hydrogens is 362 g/mol. The molecule has 0 aliphatic rings. The summed E-state index contributed by atoms with van der Waals surface area (Å²) < 4.78 is 21.1. The predicted octanol–water partition coefficient (Wildman–Crippen LogP) is 3.31. The highest BCUT2D eigenvalue weighted by molar-refractivity contribution is 5.94. The second kappa shape index (κ2) is 8.47. The van der Waals surface area contributed by atoms with Crippen LogP contribution in [-0.4, -0.2) is 32.2 Å². The highest BCUT2D eigenvalue weighted by Crippen LogP contribution is 2.27. The van der Waals surface area contributed by atoms with Crippen molar-refractivity contribution >= 4 is 22.8 Å². The lowest BCUT2D eigenvalue weighted by Crippen LogP contribution is -2.35. The molecule has 7 heteroatoms. The van der Waals surface area contributed by atoms with Gasteiger partial charge in [0.15, 0.2) is 17.6 Å². The quantitative estimate of drug-likeness (QED) is 0.630. The third kappa shape index (κ3) is 4.25. The fourth-order valence-electron chi connectivity index (χ4n) is 2.68. The fourth-order valence-corrected chi connectivity index (χ4v) is 2.68. The lowest BCUT2D eigenvalue weighted by Gasteiger charge is -2.14. The Labute approximate surface area is 162 Å². The van der Waals surface area contributed by atoms with Crippen molar-refractivity contribution < 1.29 is 28.2 Å². The molecule has 1 N–H and O–H groups in total. The maximum Gasteiger partial charge on any atom is 0.375 e. The Kier molecular flexibility index (Phi) is 5.84. The summed E-state index contributed by atoms with van der Waals surface area (Å²) in [4.78, 5) is 24.5. The summed E-state index contributed by atoms with van der Waals surface area (Å²) in [5, 5.41) is 3.52. The fraction of sp³-hybridized carbons (Fsp3) is 0.238. The molecule has 0 fully saturated rings. The van der Waals surface area contributed by atoms with E-state index in [1.807, 2.05) is 24.3 Å². The first-order valence-corrected chi connectivity index (χ1v) is 8.70. The molecule has 28 heavy (non-hydrogen) atoms. The third-order valence-corrected chi connectivity index (χ3v) is 4.19. The molecule has 0 bridgehead atoms. The topological polar surface area (TPSA) is 87.0 Å². The number of para-hydroxylation sites is 1. The lowest BCUT2D eigenvalue weighted by atomic mass is 10.2. The number of amides is 1. The summed E-state index contributed by atoms with van der Waals surface area (Å²) in [6, 6.07) is 14.2. The zero-order valence-corrected chi connectivity index (χ0v) is 15.9. The van der Waals surface area contributed by atoms with Crippen LogP contribution in [0, 0.1) is 0 Å². The van der Waals surface area contributed by atoms with Crippen molar-refractivity contribution in [3.8, 4) is 11.5 Å². The van der Waals surface area contributed by atoms with Crippen molar-refractivity contribution in [1.29, 1.82) is 0 Å². The van der Waals surface area contributed by atoms with Gasteiger partial charge in [0, 0.05) is 11.9 Å². The van der Waals surface area contributed by atoms with Crippen LogP contribution in [0.5, 0.6) is 11.5 Å². The van der Waals surface area contributed by atoms with Crippen molar-refractivity contribution in [2.24, 2.45) is 0 Å². The number of nitrogens with one attached hydrogen (secondary N) is 1. The first kappa shape index (κ1) is 19.3. The van der Waals surface area contributed by atoms with E-state index in [1.165, 1.54) is 6.92 Å². The van der Waals surface area contributed by atoms with Gasteiger partial charge in [0.05, 0.1) is 14.2 Å². The maximum atomic E-state index is 12.3. The van der Waals surface area contributed by atoms with Crippen LogP contribution < -0.4 is 14.8 Å². The number of ether oxygens (including phenoxy) is 3. The Morgan fingerprint density at radius 3 is 2.50 bits per heavy atom. The molecule has 1 atom stereocenters. The van der Waals surface area contributed by atoms with E-state index < -0.39 is 18.0 Å². The number of hydrogen-bond acceptors (Lipinski definition) is 6. The van der Waals surface area contributed by atoms with E-state index in [0.29, 0.717) is 17.1 Å². The van der Waals surface area contributed by atoms with Crippen LogP contribution in [0.4, 0.5) is 0 Å². The molecule has 1 amide bonds. The first-order chi connectivity index (χ1) is 13.5. The molecule has 3 rings (SSSR count). The lowest BCUT2D eigenvalue weighted by molar-refractivity contribution is -0.129. The molecule has 0 aliphatic carbocycles.